The number of hydrogen-bond acceptors (Lipinski definition) is 6. The number of fused-ring (bicyclic) bond motifs is 1. The quantitative estimate of drug-likeness (QED) is 0.522. The molecule has 4 rings (SSSR count). The summed E-state index contributed by atoms with van der Waals surface area (Å²) in [5.41, 5.74) is 1.46. The minimum atomic E-state index is -0.606. The van der Waals surface area contributed by atoms with E-state index in [0.717, 1.165) is 4.90 Å². The fourth-order valence-corrected chi connectivity index (χ4v) is 2.95. The van der Waals surface area contributed by atoms with Gasteiger partial charge in [-0.2, -0.15) is 0 Å². The number of rotatable bonds is 4. The number of esters is 1. The van der Waals surface area contributed by atoms with Crippen molar-refractivity contribution in [3.8, 4) is 11.5 Å². The van der Waals surface area contributed by atoms with E-state index in [1.807, 2.05) is 0 Å². The van der Waals surface area contributed by atoms with Crippen molar-refractivity contribution in [2.24, 2.45) is 0 Å². The normalized spacial score (nSPS) is 13.0. The Balaban J connectivity index is 1.77. The number of nitrogens with zero attached hydrogens (tertiary/aromatic N) is 2. The highest BCUT2D eigenvalue weighted by Gasteiger charge is 2.37. The molecule has 7 nitrogen and oxygen atoms in total. The van der Waals surface area contributed by atoms with E-state index in [9.17, 15) is 14.4 Å². The van der Waals surface area contributed by atoms with E-state index < -0.39 is 17.8 Å². The van der Waals surface area contributed by atoms with Gasteiger partial charge in [-0.05, 0) is 31.2 Å². The van der Waals surface area contributed by atoms with E-state index >= 15 is 0 Å². The predicted octanol–water partition coefficient (Wildman–Crippen LogP) is 3.32. The average molecular weight is 362 g/mol. The third-order valence-electron chi connectivity index (χ3n) is 4.16. The molecule has 7 heteroatoms. The van der Waals surface area contributed by atoms with Crippen LogP contribution in [0, 0.1) is 0 Å². The molecule has 0 fully saturated rings. The molecule has 134 valence electrons. The molecule has 1 aliphatic rings. The van der Waals surface area contributed by atoms with Crippen LogP contribution in [0.1, 0.15) is 38.1 Å². The van der Waals surface area contributed by atoms with Gasteiger partial charge in [-0.25, -0.2) is 14.7 Å². The summed E-state index contributed by atoms with van der Waals surface area (Å²) in [4.78, 5) is 42.6. The molecule has 2 amide bonds. The van der Waals surface area contributed by atoms with E-state index in [-0.39, 0.29) is 18.2 Å². The van der Waals surface area contributed by atoms with Crippen LogP contribution < -0.4 is 4.90 Å². The molecule has 3 aromatic rings. The fourth-order valence-electron chi connectivity index (χ4n) is 2.95. The molecule has 0 radical (unpaired) electrons. The Kier molecular flexibility index (Phi) is 4.04. The number of amides is 2. The van der Waals surface area contributed by atoms with E-state index in [1.54, 1.807) is 55.5 Å². The molecular weight excluding hydrogens is 348 g/mol. The molecule has 0 saturated carbocycles. The average Bonchev–Trinajstić information content (AvgIpc) is 3.27. The van der Waals surface area contributed by atoms with Crippen LogP contribution in [0.25, 0.3) is 11.5 Å². The third-order valence-corrected chi connectivity index (χ3v) is 4.16. The van der Waals surface area contributed by atoms with Crippen LogP contribution in [-0.2, 0) is 4.74 Å². The lowest BCUT2D eigenvalue weighted by Crippen LogP contribution is -2.29. The number of imide groups is 1. The Morgan fingerprint density at radius 3 is 2.22 bits per heavy atom. The molecule has 0 atom stereocenters. The first-order chi connectivity index (χ1) is 13.1. The lowest BCUT2D eigenvalue weighted by Gasteiger charge is -2.16. The molecule has 27 heavy (non-hydrogen) atoms. The van der Waals surface area contributed by atoms with Crippen molar-refractivity contribution >= 4 is 23.5 Å². The fraction of sp³-hybridized carbons (Fsp3) is 0.100. The summed E-state index contributed by atoms with van der Waals surface area (Å²) in [6, 6.07) is 13.4. The molecule has 0 N–H and O–H groups in total. The molecule has 1 aliphatic heterocycles. The number of anilines is 1. The van der Waals surface area contributed by atoms with Gasteiger partial charge in [0.2, 0.25) is 5.89 Å². The number of hydrogen-bond donors (Lipinski definition) is 0. The van der Waals surface area contributed by atoms with Crippen LogP contribution in [0.5, 0.6) is 0 Å². The van der Waals surface area contributed by atoms with Crippen LogP contribution in [0.15, 0.2) is 59.2 Å². The smallest absolute Gasteiger partial charge is 0.360 e. The third kappa shape index (κ3) is 2.69. The van der Waals surface area contributed by atoms with Gasteiger partial charge in [0.15, 0.2) is 5.69 Å². The van der Waals surface area contributed by atoms with Gasteiger partial charge in [-0.3, -0.25) is 9.59 Å². The highest BCUT2D eigenvalue weighted by atomic mass is 16.5. The van der Waals surface area contributed by atoms with Gasteiger partial charge >= 0.3 is 5.97 Å². The number of para-hydroxylation sites is 1. The molecule has 0 saturated heterocycles. The Morgan fingerprint density at radius 1 is 1.00 bits per heavy atom. The molecule has 1 aromatic heterocycles. The summed E-state index contributed by atoms with van der Waals surface area (Å²) in [5.74, 6) is -1.32. The molecule has 2 aromatic carbocycles. The maximum Gasteiger partial charge on any atom is 0.360 e. The SMILES string of the molecule is CCOC(=O)c1coc(-c2ccccc2N2C(=O)c3ccccc3C2=O)n1. The number of oxazole rings is 1. The number of aromatic nitrogens is 1. The van der Waals surface area contributed by atoms with Crippen molar-refractivity contribution in [3.05, 3.63) is 71.6 Å². The Hall–Kier alpha value is -3.74. The van der Waals surface area contributed by atoms with Crippen molar-refractivity contribution in [2.45, 2.75) is 6.92 Å². The summed E-state index contributed by atoms with van der Waals surface area (Å²) in [7, 11) is 0. The van der Waals surface area contributed by atoms with Crippen molar-refractivity contribution in [2.75, 3.05) is 11.5 Å². The molecule has 0 spiro atoms. The summed E-state index contributed by atoms with van der Waals surface area (Å²) in [5, 5.41) is 0. The second-order valence-corrected chi connectivity index (χ2v) is 5.77. The highest BCUT2D eigenvalue weighted by Crippen LogP contribution is 2.35. The first-order valence-electron chi connectivity index (χ1n) is 8.31. The van der Waals surface area contributed by atoms with Crippen LogP contribution in [0.2, 0.25) is 0 Å². The number of benzene rings is 2. The lowest BCUT2D eigenvalue weighted by atomic mass is 10.1. The standard InChI is InChI=1S/C20H14N2O5/c1-2-26-20(25)15-11-27-17(21-15)14-9-5-6-10-16(14)22-18(23)12-7-3-4-8-13(12)19(22)24/h3-11H,2H2,1H3. The van der Waals surface area contributed by atoms with E-state index in [4.69, 9.17) is 9.15 Å². The topological polar surface area (TPSA) is 89.7 Å². The second kappa shape index (κ2) is 6.53. The van der Waals surface area contributed by atoms with Crippen LogP contribution in [0.3, 0.4) is 0 Å². The first-order valence-corrected chi connectivity index (χ1v) is 8.31. The maximum atomic E-state index is 12.8. The number of carbonyl (C=O) groups is 3. The van der Waals surface area contributed by atoms with Crippen LogP contribution in [0.4, 0.5) is 5.69 Å². The summed E-state index contributed by atoms with van der Waals surface area (Å²) in [6.45, 7) is 1.91. The van der Waals surface area contributed by atoms with Gasteiger partial charge in [-0.15, -0.1) is 0 Å². The van der Waals surface area contributed by atoms with Gasteiger partial charge in [-0.1, -0.05) is 24.3 Å². The van der Waals surface area contributed by atoms with Crippen molar-refractivity contribution in [1.82, 2.24) is 4.98 Å². The zero-order valence-electron chi connectivity index (χ0n) is 14.3. The summed E-state index contributed by atoms with van der Waals surface area (Å²) < 4.78 is 10.3. The Bertz CT molecular complexity index is 1030. The monoisotopic (exact) mass is 362 g/mol. The number of carbonyl (C=O) groups excluding carboxylic acids is 3. The van der Waals surface area contributed by atoms with E-state index in [0.29, 0.717) is 22.4 Å². The zero-order valence-corrected chi connectivity index (χ0v) is 14.3. The van der Waals surface area contributed by atoms with Gasteiger partial charge < -0.3 is 9.15 Å². The van der Waals surface area contributed by atoms with Gasteiger partial charge in [0.25, 0.3) is 11.8 Å². The minimum absolute atomic E-state index is 0.0176. The molecule has 0 bridgehead atoms. The molecule has 2 heterocycles. The predicted molar refractivity (Wildman–Crippen MR) is 95.5 cm³/mol. The molecule has 0 unspecified atom stereocenters. The van der Waals surface area contributed by atoms with E-state index in [1.165, 1.54) is 6.26 Å². The van der Waals surface area contributed by atoms with Crippen LogP contribution in [-0.4, -0.2) is 29.4 Å². The van der Waals surface area contributed by atoms with Gasteiger partial charge in [0.05, 0.1) is 29.0 Å². The largest absolute Gasteiger partial charge is 0.461 e. The Morgan fingerprint density at radius 2 is 1.59 bits per heavy atom. The highest BCUT2D eigenvalue weighted by molar-refractivity contribution is 6.35. The van der Waals surface area contributed by atoms with Crippen molar-refractivity contribution < 1.29 is 23.5 Å². The minimum Gasteiger partial charge on any atom is -0.461 e. The van der Waals surface area contributed by atoms with E-state index in [2.05, 4.69) is 4.98 Å². The maximum absolute atomic E-state index is 12.8. The number of ether oxygens (including phenoxy) is 1. The first kappa shape index (κ1) is 16.7. The second-order valence-electron chi connectivity index (χ2n) is 5.77. The Labute approximate surface area is 154 Å². The molecule has 0 aliphatic carbocycles. The lowest BCUT2D eigenvalue weighted by molar-refractivity contribution is 0.0519. The summed E-state index contributed by atoms with van der Waals surface area (Å²) >= 11 is 0. The zero-order chi connectivity index (χ0) is 19.0. The van der Waals surface area contributed by atoms with Crippen molar-refractivity contribution in [1.29, 1.82) is 0 Å². The molecular formula is C20H14N2O5. The van der Waals surface area contributed by atoms with Crippen LogP contribution >= 0.6 is 0 Å². The van der Waals surface area contributed by atoms with Crippen molar-refractivity contribution in [3.63, 3.8) is 0 Å². The van der Waals surface area contributed by atoms with Gasteiger partial charge in [0.1, 0.15) is 6.26 Å². The summed E-state index contributed by atoms with van der Waals surface area (Å²) in [6.07, 6.45) is 1.19. The van der Waals surface area contributed by atoms with Gasteiger partial charge in [0, 0.05) is 0 Å².